The minimum absolute atomic E-state index is 0.312. The summed E-state index contributed by atoms with van der Waals surface area (Å²) in [6, 6.07) is 3.24. The molecule has 7 heteroatoms. The SMILES string of the molecule is Nc1c(C(=O)O)cnn1-c1c(F)cccc1F. The Bertz CT molecular complexity index is 575. The molecule has 0 radical (unpaired) electrons. The minimum atomic E-state index is -1.31. The molecule has 0 amide bonds. The number of anilines is 1. The lowest BCUT2D eigenvalue weighted by atomic mass is 10.3. The van der Waals surface area contributed by atoms with Crippen molar-refractivity contribution in [1.29, 1.82) is 0 Å². The van der Waals surface area contributed by atoms with E-state index >= 15 is 0 Å². The van der Waals surface area contributed by atoms with E-state index in [9.17, 15) is 13.6 Å². The van der Waals surface area contributed by atoms with Crippen LogP contribution < -0.4 is 5.73 Å². The molecule has 1 heterocycles. The molecule has 0 spiro atoms. The van der Waals surface area contributed by atoms with E-state index < -0.39 is 23.3 Å². The van der Waals surface area contributed by atoms with E-state index in [2.05, 4.69) is 5.10 Å². The second-order valence-corrected chi connectivity index (χ2v) is 3.23. The Balaban J connectivity index is 2.66. The van der Waals surface area contributed by atoms with Crippen LogP contribution in [0, 0.1) is 11.6 Å². The van der Waals surface area contributed by atoms with Crippen LogP contribution in [0.25, 0.3) is 5.69 Å². The zero-order valence-electron chi connectivity index (χ0n) is 8.39. The summed E-state index contributed by atoms with van der Waals surface area (Å²) in [6.45, 7) is 0. The van der Waals surface area contributed by atoms with Crippen LogP contribution in [0.5, 0.6) is 0 Å². The lowest BCUT2D eigenvalue weighted by Crippen LogP contribution is -2.08. The number of nitrogen functional groups attached to an aromatic ring is 1. The predicted molar refractivity (Wildman–Crippen MR) is 54.9 cm³/mol. The summed E-state index contributed by atoms with van der Waals surface area (Å²) in [6.07, 6.45) is 0.934. The van der Waals surface area contributed by atoms with Crippen LogP contribution in [0.15, 0.2) is 24.4 Å². The molecule has 0 saturated carbocycles. The molecule has 0 bridgehead atoms. The largest absolute Gasteiger partial charge is 0.477 e. The number of aromatic nitrogens is 2. The number of hydrogen-bond acceptors (Lipinski definition) is 3. The molecule has 0 aliphatic rings. The van der Waals surface area contributed by atoms with Crippen LogP contribution in [0.2, 0.25) is 0 Å². The Morgan fingerprint density at radius 2 is 1.94 bits per heavy atom. The Morgan fingerprint density at radius 3 is 2.41 bits per heavy atom. The zero-order valence-corrected chi connectivity index (χ0v) is 8.39. The predicted octanol–water partition coefficient (Wildman–Crippen LogP) is 1.43. The molecular weight excluding hydrogens is 232 g/mol. The van der Waals surface area contributed by atoms with E-state index in [-0.39, 0.29) is 11.4 Å². The number of carboxylic acids is 1. The summed E-state index contributed by atoms with van der Waals surface area (Å²) in [5.74, 6) is -3.40. The fourth-order valence-electron chi connectivity index (χ4n) is 1.39. The van der Waals surface area contributed by atoms with Gasteiger partial charge < -0.3 is 10.8 Å². The van der Waals surface area contributed by atoms with E-state index in [0.29, 0.717) is 4.68 Å². The molecule has 3 N–H and O–H groups in total. The van der Waals surface area contributed by atoms with Gasteiger partial charge in [0, 0.05) is 0 Å². The number of aromatic carboxylic acids is 1. The van der Waals surface area contributed by atoms with Crippen molar-refractivity contribution < 1.29 is 18.7 Å². The molecule has 88 valence electrons. The molecule has 0 aliphatic carbocycles. The van der Waals surface area contributed by atoms with Gasteiger partial charge in [-0.1, -0.05) is 6.07 Å². The summed E-state index contributed by atoms with van der Waals surface area (Å²) in [4.78, 5) is 10.7. The molecule has 1 aromatic carbocycles. The van der Waals surface area contributed by atoms with Crippen LogP contribution in [-0.2, 0) is 0 Å². The summed E-state index contributed by atoms with van der Waals surface area (Å²) in [7, 11) is 0. The minimum Gasteiger partial charge on any atom is -0.477 e. The van der Waals surface area contributed by atoms with Gasteiger partial charge in [0.2, 0.25) is 0 Å². The van der Waals surface area contributed by atoms with E-state index in [1.54, 1.807) is 0 Å². The van der Waals surface area contributed by atoms with Crippen molar-refractivity contribution in [2.24, 2.45) is 0 Å². The topological polar surface area (TPSA) is 81.1 Å². The molecule has 5 nitrogen and oxygen atoms in total. The molecule has 2 aromatic rings. The van der Waals surface area contributed by atoms with Gasteiger partial charge in [-0.2, -0.15) is 5.10 Å². The number of halogens is 2. The van der Waals surface area contributed by atoms with E-state index in [4.69, 9.17) is 10.8 Å². The fraction of sp³-hybridized carbons (Fsp3) is 0. The number of carboxylic acid groups (broad SMARTS) is 1. The second kappa shape index (κ2) is 3.85. The first kappa shape index (κ1) is 11.1. The van der Waals surface area contributed by atoms with Gasteiger partial charge in [-0.15, -0.1) is 0 Å². The lowest BCUT2D eigenvalue weighted by Gasteiger charge is -2.06. The first-order valence-electron chi connectivity index (χ1n) is 4.53. The highest BCUT2D eigenvalue weighted by Crippen LogP contribution is 2.22. The molecule has 17 heavy (non-hydrogen) atoms. The van der Waals surface area contributed by atoms with Crippen molar-refractivity contribution in [3.05, 3.63) is 41.6 Å². The fourth-order valence-corrected chi connectivity index (χ4v) is 1.39. The summed E-state index contributed by atoms with van der Waals surface area (Å²) < 4.78 is 27.6. The smallest absolute Gasteiger partial charge is 0.341 e. The van der Waals surface area contributed by atoms with Gasteiger partial charge in [0.15, 0.2) is 11.6 Å². The first-order valence-corrected chi connectivity index (χ1v) is 4.53. The Hall–Kier alpha value is -2.44. The standard InChI is InChI=1S/C10H7F2N3O2/c11-6-2-1-3-7(12)8(6)15-9(13)5(4-14-15)10(16)17/h1-4H,13H2,(H,16,17). The quantitative estimate of drug-likeness (QED) is 0.830. The van der Waals surface area contributed by atoms with Crippen molar-refractivity contribution in [3.63, 3.8) is 0 Å². The van der Waals surface area contributed by atoms with Gasteiger partial charge >= 0.3 is 5.97 Å². The van der Waals surface area contributed by atoms with Crippen LogP contribution in [0.3, 0.4) is 0 Å². The van der Waals surface area contributed by atoms with Gasteiger partial charge in [-0.05, 0) is 12.1 Å². The number of carbonyl (C=O) groups is 1. The van der Waals surface area contributed by atoms with Crippen molar-refractivity contribution in [2.45, 2.75) is 0 Å². The third-order valence-corrected chi connectivity index (χ3v) is 2.19. The van der Waals surface area contributed by atoms with Crippen molar-refractivity contribution in [3.8, 4) is 5.69 Å². The summed E-state index contributed by atoms with van der Waals surface area (Å²) >= 11 is 0. The van der Waals surface area contributed by atoms with Crippen LogP contribution in [-0.4, -0.2) is 20.9 Å². The number of nitrogens with two attached hydrogens (primary N) is 1. The average molecular weight is 239 g/mol. The van der Waals surface area contributed by atoms with Crippen molar-refractivity contribution in [2.75, 3.05) is 5.73 Å². The first-order chi connectivity index (χ1) is 8.02. The highest BCUT2D eigenvalue weighted by atomic mass is 19.1. The zero-order chi connectivity index (χ0) is 12.6. The second-order valence-electron chi connectivity index (χ2n) is 3.23. The molecule has 1 aromatic heterocycles. The molecule has 0 fully saturated rings. The number of hydrogen-bond donors (Lipinski definition) is 2. The average Bonchev–Trinajstić information content (AvgIpc) is 2.61. The molecule has 0 unspecified atom stereocenters. The Labute approximate surface area is 94.1 Å². The normalized spacial score (nSPS) is 10.5. The maximum atomic E-state index is 13.4. The molecular formula is C10H7F2N3O2. The van der Waals surface area contributed by atoms with Crippen LogP contribution in [0.1, 0.15) is 10.4 Å². The third-order valence-electron chi connectivity index (χ3n) is 2.19. The van der Waals surface area contributed by atoms with Gasteiger partial charge in [0.05, 0.1) is 6.20 Å². The Morgan fingerprint density at radius 1 is 1.35 bits per heavy atom. The van der Waals surface area contributed by atoms with Crippen molar-refractivity contribution in [1.82, 2.24) is 9.78 Å². The summed E-state index contributed by atoms with van der Waals surface area (Å²) in [5.41, 5.74) is 4.65. The van der Waals surface area contributed by atoms with Crippen LogP contribution in [0.4, 0.5) is 14.6 Å². The molecule has 2 rings (SSSR count). The molecule has 0 saturated heterocycles. The monoisotopic (exact) mass is 239 g/mol. The third kappa shape index (κ3) is 1.71. The maximum Gasteiger partial charge on any atom is 0.341 e. The van der Waals surface area contributed by atoms with Crippen LogP contribution >= 0.6 is 0 Å². The molecule has 0 atom stereocenters. The Kier molecular flexibility index (Phi) is 2.51. The number of para-hydroxylation sites is 1. The number of benzene rings is 1. The van der Waals surface area contributed by atoms with Gasteiger partial charge in [-0.25, -0.2) is 18.3 Å². The van der Waals surface area contributed by atoms with Gasteiger partial charge in [0.25, 0.3) is 0 Å². The maximum absolute atomic E-state index is 13.4. The van der Waals surface area contributed by atoms with Crippen molar-refractivity contribution >= 4 is 11.8 Å². The lowest BCUT2D eigenvalue weighted by molar-refractivity contribution is 0.0698. The van der Waals surface area contributed by atoms with Gasteiger partial charge in [0.1, 0.15) is 17.1 Å². The van der Waals surface area contributed by atoms with Gasteiger partial charge in [-0.3, -0.25) is 0 Å². The van der Waals surface area contributed by atoms with E-state index in [0.717, 1.165) is 18.3 Å². The highest BCUT2D eigenvalue weighted by Gasteiger charge is 2.19. The summed E-state index contributed by atoms with van der Waals surface area (Å²) in [5, 5.41) is 12.3. The van der Waals surface area contributed by atoms with E-state index in [1.165, 1.54) is 6.07 Å². The highest BCUT2D eigenvalue weighted by molar-refractivity contribution is 5.92. The van der Waals surface area contributed by atoms with E-state index in [1.807, 2.05) is 0 Å². The number of nitrogens with zero attached hydrogens (tertiary/aromatic N) is 2. The molecule has 0 aliphatic heterocycles. The number of rotatable bonds is 2.